The molecule has 6 heavy (non-hydrogen) atoms. The third-order valence-electron chi connectivity index (χ3n) is 0.550. The van der Waals surface area contributed by atoms with E-state index in [4.69, 9.17) is 11.1 Å². The summed E-state index contributed by atoms with van der Waals surface area (Å²) in [6, 6.07) is -0.176. The van der Waals surface area contributed by atoms with Gasteiger partial charge in [0.25, 0.3) is 0 Å². The molecule has 0 heterocycles. The molecule has 35 valence electrons. The maximum absolute atomic E-state index is 6.71. The van der Waals surface area contributed by atoms with E-state index in [0.717, 1.165) is 0 Å². The Morgan fingerprint density at radius 1 is 2.00 bits per heavy atom. The van der Waals surface area contributed by atoms with Crippen LogP contribution in [0.1, 0.15) is 6.92 Å². The van der Waals surface area contributed by atoms with E-state index in [2.05, 4.69) is 6.92 Å². The Morgan fingerprint density at radius 2 is 2.17 bits per heavy atom. The Bertz CT molecular complexity index is 56.6. The highest BCUT2D eigenvalue weighted by molar-refractivity contribution is 5.89. The summed E-state index contributed by atoms with van der Waals surface area (Å²) < 4.78 is 0. The summed E-state index contributed by atoms with van der Waals surface area (Å²) >= 11 is 0. The van der Waals surface area contributed by atoms with Gasteiger partial charge < -0.3 is 11.1 Å². The van der Waals surface area contributed by atoms with Gasteiger partial charge in [0.2, 0.25) is 0 Å². The second kappa shape index (κ2) is 1.92. The van der Waals surface area contributed by atoms with Crippen LogP contribution in [-0.4, -0.2) is 11.8 Å². The third kappa shape index (κ3) is 1.91. The smallest absolute Gasteiger partial charge is 0.0394 e. The highest BCUT2D eigenvalue weighted by Gasteiger charge is 1.90. The quantitative estimate of drug-likeness (QED) is 0.439. The van der Waals surface area contributed by atoms with Gasteiger partial charge in [-0.05, 0) is 13.8 Å². The van der Waals surface area contributed by atoms with E-state index >= 15 is 0 Å². The fourth-order valence-corrected chi connectivity index (χ4v) is 0. The van der Waals surface area contributed by atoms with E-state index in [0.29, 0.717) is 0 Å². The van der Waals surface area contributed by atoms with Crippen molar-refractivity contribution in [2.75, 3.05) is 0 Å². The Labute approximate surface area is 37.9 Å². The number of nitrogens with one attached hydrogen (secondary N) is 1. The van der Waals surface area contributed by atoms with Crippen molar-refractivity contribution in [3.8, 4) is 0 Å². The number of hydrogen-bond donors (Lipinski definition) is 2. The van der Waals surface area contributed by atoms with Crippen molar-refractivity contribution in [1.82, 2.24) is 0 Å². The molecule has 1 radical (unpaired) electrons. The van der Waals surface area contributed by atoms with Crippen molar-refractivity contribution >= 4 is 5.71 Å². The number of nitrogens with two attached hydrogens (primary N) is 1. The van der Waals surface area contributed by atoms with Crippen molar-refractivity contribution < 1.29 is 0 Å². The van der Waals surface area contributed by atoms with Gasteiger partial charge in [-0.15, -0.1) is 0 Å². The summed E-state index contributed by atoms with van der Waals surface area (Å²) in [6.07, 6.45) is 0. The van der Waals surface area contributed by atoms with Crippen LogP contribution >= 0.6 is 0 Å². The molecule has 0 saturated carbocycles. The molecule has 0 fully saturated rings. The summed E-state index contributed by atoms with van der Waals surface area (Å²) in [6.45, 7) is 5.03. The van der Waals surface area contributed by atoms with Gasteiger partial charge in [0.1, 0.15) is 0 Å². The molecule has 0 bridgehead atoms. The van der Waals surface area contributed by atoms with Gasteiger partial charge in [0.05, 0.1) is 0 Å². The summed E-state index contributed by atoms with van der Waals surface area (Å²) in [4.78, 5) is 0. The summed E-state index contributed by atoms with van der Waals surface area (Å²) in [5, 5.41) is 6.71. The molecule has 2 heteroatoms. The van der Waals surface area contributed by atoms with E-state index < -0.39 is 0 Å². The summed E-state index contributed by atoms with van der Waals surface area (Å²) in [5.74, 6) is 0. The molecule has 3 N–H and O–H groups in total. The van der Waals surface area contributed by atoms with Crippen LogP contribution in [0.25, 0.3) is 0 Å². The summed E-state index contributed by atoms with van der Waals surface area (Å²) in [7, 11) is 0. The Kier molecular flexibility index (Phi) is 1.81. The lowest BCUT2D eigenvalue weighted by Gasteiger charge is -1.95. The second-order valence-corrected chi connectivity index (χ2v) is 1.31. The molecule has 0 aliphatic carbocycles. The molecule has 0 aromatic carbocycles. The van der Waals surface area contributed by atoms with Crippen molar-refractivity contribution in [2.24, 2.45) is 5.73 Å². The van der Waals surface area contributed by atoms with Crippen LogP contribution in [0, 0.1) is 12.3 Å². The molecule has 0 aliphatic heterocycles. The molecule has 1 atom stereocenters. The van der Waals surface area contributed by atoms with E-state index in [1.54, 1.807) is 6.92 Å². The Morgan fingerprint density at radius 3 is 2.17 bits per heavy atom. The summed E-state index contributed by atoms with van der Waals surface area (Å²) in [5.41, 5.74) is 5.44. The molecule has 0 spiro atoms. The first-order valence-electron chi connectivity index (χ1n) is 1.80. The maximum atomic E-state index is 6.71. The molecular formula is C4H9N2. The molecule has 0 aliphatic rings. The predicted molar refractivity (Wildman–Crippen MR) is 26.7 cm³/mol. The molecule has 0 saturated heterocycles. The van der Waals surface area contributed by atoms with E-state index in [1.807, 2.05) is 0 Å². The van der Waals surface area contributed by atoms with Crippen molar-refractivity contribution in [3.63, 3.8) is 0 Å². The number of hydrogen-bond acceptors (Lipinski definition) is 2. The zero-order valence-corrected chi connectivity index (χ0v) is 3.86. The highest BCUT2D eigenvalue weighted by atomic mass is 14.6. The first-order valence-corrected chi connectivity index (χ1v) is 1.80. The third-order valence-corrected chi connectivity index (χ3v) is 0.550. The van der Waals surface area contributed by atoms with Crippen LogP contribution < -0.4 is 5.73 Å². The van der Waals surface area contributed by atoms with E-state index in [-0.39, 0.29) is 11.8 Å². The normalized spacial score (nSPS) is 13.8. The monoisotopic (exact) mass is 85.1 g/mol. The lowest BCUT2D eigenvalue weighted by molar-refractivity contribution is 0.969. The average Bonchev–Trinajstić information content (AvgIpc) is 1.36. The van der Waals surface area contributed by atoms with Crippen molar-refractivity contribution in [2.45, 2.75) is 13.0 Å². The second-order valence-electron chi connectivity index (χ2n) is 1.31. The zero-order valence-electron chi connectivity index (χ0n) is 3.86. The maximum Gasteiger partial charge on any atom is 0.0394 e. The Hall–Kier alpha value is -0.370. The highest BCUT2D eigenvalue weighted by Crippen LogP contribution is 1.72. The van der Waals surface area contributed by atoms with Crippen LogP contribution in [0.3, 0.4) is 0 Å². The van der Waals surface area contributed by atoms with Gasteiger partial charge in [-0.25, -0.2) is 0 Å². The van der Waals surface area contributed by atoms with E-state index in [9.17, 15) is 0 Å². The zero-order chi connectivity index (χ0) is 5.15. The first kappa shape index (κ1) is 5.63. The minimum absolute atomic E-state index is 0.176. The molecule has 0 rings (SSSR count). The molecule has 2 nitrogen and oxygen atoms in total. The van der Waals surface area contributed by atoms with Crippen LogP contribution in [0.2, 0.25) is 0 Å². The van der Waals surface area contributed by atoms with Gasteiger partial charge in [0.15, 0.2) is 0 Å². The van der Waals surface area contributed by atoms with Gasteiger partial charge in [0, 0.05) is 11.8 Å². The molecule has 0 aromatic heterocycles. The molecule has 0 amide bonds. The largest absolute Gasteiger partial charge is 0.323 e. The van der Waals surface area contributed by atoms with Gasteiger partial charge in [-0.2, -0.15) is 0 Å². The topological polar surface area (TPSA) is 49.9 Å². The van der Waals surface area contributed by atoms with Crippen molar-refractivity contribution in [3.05, 3.63) is 6.92 Å². The van der Waals surface area contributed by atoms with Gasteiger partial charge in [-0.3, -0.25) is 0 Å². The average molecular weight is 85.1 g/mol. The SMILES string of the molecule is [CH2]C(=N)C(C)N. The minimum atomic E-state index is -0.176. The minimum Gasteiger partial charge on any atom is -0.323 e. The van der Waals surface area contributed by atoms with Gasteiger partial charge >= 0.3 is 0 Å². The van der Waals surface area contributed by atoms with Crippen LogP contribution in [0.15, 0.2) is 0 Å². The molecule has 0 aromatic rings. The van der Waals surface area contributed by atoms with Crippen molar-refractivity contribution in [1.29, 1.82) is 5.41 Å². The fourth-order valence-electron chi connectivity index (χ4n) is 0. The lowest BCUT2D eigenvalue weighted by Crippen LogP contribution is -2.23. The van der Waals surface area contributed by atoms with Crippen LogP contribution in [0.4, 0.5) is 0 Å². The van der Waals surface area contributed by atoms with Crippen LogP contribution in [-0.2, 0) is 0 Å². The van der Waals surface area contributed by atoms with Crippen LogP contribution in [0.5, 0.6) is 0 Å². The lowest BCUT2D eigenvalue weighted by atomic mass is 10.2. The standard InChI is InChI=1S/C4H9N2/c1-3(5)4(2)6/h4-5H,1,6H2,2H3. The van der Waals surface area contributed by atoms with E-state index in [1.165, 1.54) is 0 Å². The number of rotatable bonds is 1. The molecular weight excluding hydrogens is 76.1 g/mol. The van der Waals surface area contributed by atoms with Gasteiger partial charge in [-0.1, -0.05) is 0 Å². The first-order chi connectivity index (χ1) is 2.64. The molecule has 1 unspecified atom stereocenters. The Balaban J connectivity index is 3.26. The fraction of sp³-hybridized carbons (Fsp3) is 0.500. The predicted octanol–water partition coefficient (Wildman–Crippen LogP) is 0.187.